The lowest BCUT2D eigenvalue weighted by molar-refractivity contribution is 0.331. The second kappa shape index (κ2) is 6.55. The number of nitrogens with zero attached hydrogens (tertiary/aromatic N) is 2. The highest BCUT2D eigenvalue weighted by atomic mass is 15.4. The highest BCUT2D eigenvalue weighted by molar-refractivity contribution is 5.91. The molecule has 0 unspecified atom stereocenters. The number of hydrogen-bond acceptors (Lipinski definition) is 2. The number of rotatable bonds is 1. The zero-order valence-electron chi connectivity index (χ0n) is 21.0. The lowest BCUT2D eigenvalue weighted by Gasteiger charge is -2.46. The molecule has 2 nitrogen and oxygen atoms in total. The van der Waals surface area contributed by atoms with Crippen molar-refractivity contribution < 1.29 is 0 Å². The lowest BCUT2D eigenvalue weighted by atomic mass is 9.61. The average molecular weight is 429 g/mol. The highest BCUT2D eigenvalue weighted by Crippen LogP contribution is 2.58. The summed E-state index contributed by atoms with van der Waals surface area (Å²) in [6, 6.07) is 13.0. The van der Waals surface area contributed by atoms with Crippen LogP contribution in [0.3, 0.4) is 0 Å². The Bertz CT molecular complexity index is 1080. The van der Waals surface area contributed by atoms with Gasteiger partial charge >= 0.3 is 0 Å². The molecule has 170 valence electrons. The Hall–Kier alpha value is -1.96. The van der Waals surface area contributed by atoms with Crippen LogP contribution in [-0.4, -0.2) is 12.7 Å². The maximum atomic E-state index is 2.75. The summed E-state index contributed by atoms with van der Waals surface area (Å²) in [6.07, 6.45) is 9.41. The van der Waals surface area contributed by atoms with Crippen molar-refractivity contribution in [3.63, 3.8) is 0 Å². The third kappa shape index (κ3) is 2.71. The van der Waals surface area contributed by atoms with Crippen LogP contribution in [0.2, 0.25) is 0 Å². The van der Waals surface area contributed by atoms with Gasteiger partial charge in [-0.25, -0.2) is 0 Å². The standard InChI is InChI=1S/C30H40N2/c1-28(2)15-16-29(3,4)23-18-26-24(17-22(23)28)30(5,6)21-13-10-14-25-27(21)32(26)19-31(25)20-11-8-7-9-12-20/h10,13-14,17-18,20H,7-9,11-12,15-16,19H2,1-6H3. The van der Waals surface area contributed by atoms with Crippen molar-refractivity contribution in [3.05, 3.63) is 52.6 Å². The number of fused-ring (bicyclic) bond motifs is 3. The summed E-state index contributed by atoms with van der Waals surface area (Å²) >= 11 is 0. The van der Waals surface area contributed by atoms with Gasteiger partial charge in [-0.05, 0) is 70.9 Å². The predicted molar refractivity (Wildman–Crippen MR) is 137 cm³/mol. The molecule has 4 aliphatic rings. The van der Waals surface area contributed by atoms with Gasteiger partial charge in [-0.3, -0.25) is 0 Å². The molecule has 2 aromatic rings. The number of benzene rings is 2. The maximum absolute atomic E-state index is 2.75. The van der Waals surface area contributed by atoms with Crippen LogP contribution in [0.15, 0.2) is 30.3 Å². The minimum atomic E-state index is 0.0203. The van der Waals surface area contributed by atoms with E-state index in [1.165, 1.54) is 73.1 Å². The third-order valence-corrected chi connectivity index (χ3v) is 9.51. The summed E-state index contributed by atoms with van der Waals surface area (Å²) in [5, 5.41) is 0. The molecule has 0 radical (unpaired) electrons. The second-order valence-electron chi connectivity index (χ2n) is 12.8. The minimum absolute atomic E-state index is 0.0203. The van der Waals surface area contributed by atoms with E-state index in [1.807, 2.05) is 0 Å². The number of hydrogen-bond donors (Lipinski definition) is 0. The van der Waals surface area contributed by atoms with Crippen molar-refractivity contribution in [2.45, 2.75) is 109 Å². The fraction of sp³-hybridized carbons (Fsp3) is 0.600. The molecule has 0 saturated heterocycles. The summed E-state index contributed by atoms with van der Waals surface area (Å²) < 4.78 is 0. The molecular formula is C30H40N2. The Morgan fingerprint density at radius 3 is 2.06 bits per heavy atom. The van der Waals surface area contributed by atoms with Crippen molar-refractivity contribution in [2.75, 3.05) is 16.5 Å². The Morgan fingerprint density at radius 2 is 1.38 bits per heavy atom. The molecule has 2 aliphatic heterocycles. The van der Waals surface area contributed by atoms with E-state index in [-0.39, 0.29) is 16.2 Å². The summed E-state index contributed by atoms with van der Waals surface area (Å²) in [6.45, 7) is 15.7. The van der Waals surface area contributed by atoms with Gasteiger partial charge in [0.2, 0.25) is 0 Å². The predicted octanol–water partition coefficient (Wildman–Crippen LogP) is 7.92. The van der Waals surface area contributed by atoms with E-state index in [4.69, 9.17) is 0 Å². The van der Waals surface area contributed by atoms with E-state index in [1.54, 1.807) is 11.1 Å². The summed E-state index contributed by atoms with van der Waals surface area (Å²) in [4.78, 5) is 5.43. The van der Waals surface area contributed by atoms with E-state index in [0.717, 1.165) is 6.67 Å². The van der Waals surface area contributed by atoms with Gasteiger partial charge in [0, 0.05) is 17.1 Å². The zero-order chi connectivity index (χ0) is 22.5. The van der Waals surface area contributed by atoms with Crippen LogP contribution in [-0.2, 0) is 16.2 Å². The Kier molecular flexibility index (Phi) is 4.22. The van der Waals surface area contributed by atoms with Crippen molar-refractivity contribution >= 4 is 17.1 Å². The molecule has 32 heavy (non-hydrogen) atoms. The van der Waals surface area contributed by atoms with E-state index in [0.29, 0.717) is 6.04 Å². The van der Waals surface area contributed by atoms with Crippen LogP contribution in [0.25, 0.3) is 0 Å². The first-order chi connectivity index (χ1) is 15.1. The average Bonchev–Trinajstić information content (AvgIpc) is 3.16. The molecule has 1 fully saturated rings. The molecule has 0 aromatic heterocycles. The van der Waals surface area contributed by atoms with Crippen LogP contribution in [0, 0.1) is 0 Å². The molecule has 2 aliphatic carbocycles. The van der Waals surface area contributed by atoms with Gasteiger partial charge in [-0.15, -0.1) is 0 Å². The molecule has 0 bridgehead atoms. The Morgan fingerprint density at radius 1 is 0.719 bits per heavy atom. The van der Waals surface area contributed by atoms with Gasteiger partial charge in [-0.2, -0.15) is 0 Å². The minimum Gasteiger partial charge on any atom is -0.349 e. The van der Waals surface area contributed by atoms with Crippen molar-refractivity contribution in [3.8, 4) is 0 Å². The van der Waals surface area contributed by atoms with Gasteiger partial charge in [0.05, 0.1) is 18.0 Å². The summed E-state index contributed by atoms with van der Waals surface area (Å²) in [7, 11) is 0. The largest absolute Gasteiger partial charge is 0.349 e. The lowest BCUT2D eigenvalue weighted by Crippen LogP contribution is -2.40. The van der Waals surface area contributed by atoms with Gasteiger partial charge < -0.3 is 9.80 Å². The SMILES string of the molecule is CC1(C)CCC(C)(C)c2cc3c(cc21)N1CN(C2CCCCC2)c2cccc(c21)C3(C)C. The van der Waals surface area contributed by atoms with Gasteiger partial charge in [0.25, 0.3) is 0 Å². The van der Waals surface area contributed by atoms with Crippen LogP contribution in [0.1, 0.15) is 109 Å². The van der Waals surface area contributed by atoms with E-state index in [9.17, 15) is 0 Å². The molecule has 6 rings (SSSR count). The normalized spacial score (nSPS) is 24.7. The molecule has 2 aromatic carbocycles. The number of para-hydroxylation sites is 1. The second-order valence-corrected chi connectivity index (χ2v) is 12.8. The fourth-order valence-corrected chi connectivity index (χ4v) is 7.22. The quantitative estimate of drug-likeness (QED) is 0.455. The van der Waals surface area contributed by atoms with Gasteiger partial charge in [0.1, 0.15) is 0 Å². The van der Waals surface area contributed by atoms with Gasteiger partial charge in [0.15, 0.2) is 0 Å². The molecule has 2 heteroatoms. The van der Waals surface area contributed by atoms with Crippen molar-refractivity contribution in [1.29, 1.82) is 0 Å². The van der Waals surface area contributed by atoms with Crippen LogP contribution < -0.4 is 9.80 Å². The number of anilines is 3. The van der Waals surface area contributed by atoms with Crippen LogP contribution >= 0.6 is 0 Å². The third-order valence-electron chi connectivity index (χ3n) is 9.51. The first kappa shape index (κ1) is 20.6. The maximum Gasteiger partial charge on any atom is 0.0956 e. The molecule has 2 heterocycles. The van der Waals surface area contributed by atoms with E-state index < -0.39 is 0 Å². The fourth-order valence-electron chi connectivity index (χ4n) is 7.22. The molecule has 1 saturated carbocycles. The summed E-state index contributed by atoms with van der Waals surface area (Å²) in [5.41, 5.74) is 11.2. The molecule has 0 spiro atoms. The molecule has 0 amide bonds. The van der Waals surface area contributed by atoms with Crippen LogP contribution in [0.5, 0.6) is 0 Å². The zero-order valence-corrected chi connectivity index (χ0v) is 21.0. The first-order valence-corrected chi connectivity index (χ1v) is 13.0. The Labute approximate surface area is 195 Å². The first-order valence-electron chi connectivity index (χ1n) is 13.0. The topological polar surface area (TPSA) is 6.48 Å². The highest BCUT2D eigenvalue weighted by Gasteiger charge is 2.46. The van der Waals surface area contributed by atoms with Crippen LogP contribution in [0.4, 0.5) is 17.1 Å². The molecule has 0 N–H and O–H groups in total. The van der Waals surface area contributed by atoms with Gasteiger partial charge in [-0.1, -0.05) is 79.0 Å². The smallest absolute Gasteiger partial charge is 0.0956 e. The van der Waals surface area contributed by atoms with E-state index >= 15 is 0 Å². The monoisotopic (exact) mass is 428 g/mol. The van der Waals surface area contributed by atoms with E-state index in [2.05, 4.69) is 81.7 Å². The van der Waals surface area contributed by atoms with Crippen molar-refractivity contribution in [2.24, 2.45) is 0 Å². The van der Waals surface area contributed by atoms with Crippen molar-refractivity contribution in [1.82, 2.24) is 0 Å². The molecular weight excluding hydrogens is 388 g/mol. The molecule has 0 atom stereocenters. The Balaban J connectivity index is 1.56. The summed E-state index contributed by atoms with van der Waals surface area (Å²) in [5.74, 6) is 0.